The van der Waals surface area contributed by atoms with Gasteiger partial charge in [-0.15, -0.1) is 0 Å². The molecule has 0 fully saturated rings. The van der Waals surface area contributed by atoms with Crippen molar-refractivity contribution in [1.82, 2.24) is 0 Å². The smallest absolute Gasteiger partial charge is 0.193 e. The van der Waals surface area contributed by atoms with Gasteiger partial charge in [-0.3, -0.25) is 9.59 Å². The van der Waals surface area contributed by atoms with Crippen LogP contribution in [-0.2, 0) is 0 Å². The second kappa shape index (κ2) is 4.58. The zero-order valence-corrected chi connectivity index (χ0v) is 9.78. The summed E-state index contributed by atoms with van der Waals surface area (Å²) in [6, 6.07) is 6.38. The van der Waals surface area contributed by atoms with Crippen LogP contribution in [0.5, 0.6) is 0 Å². The third kappa shape index (κ3) is 2.76. The molecule has 0 bridgehead atoms. The van der Waals surface area contributed by atoms with Crippen molar-refractivity contribution < 1.29 is 14.7 Å². The first kappa shape index (κ1) is 12.6. The Balaban J connectivity index is 2.96. The summed E-state index contributed by atoms with van der Waals surface area (Å²) < 4.78 is 0. The monoisotopic (exact) mass is 220 g/mol. The molecule has 0 saturated carbocycles. The third-order valence-corrected chi connectivity index (χ3v) is 2.35. The maximum Gasteiger partial charge on any atom is 0.193 e. The van der Waals surface area contributed by atoms with Crippen LogP contribution in [-0.4, -0.2) is 22.3 Å². The van der Waals surface area contributed by atoms with E-state index >= 15 is 0 Å². The highest BCUT2D eigenvalue weighted by molar-refractivity contribution is 6.03. The van der Waals surface area contributed by atoms with Crippen molar-refractivity contribution in [2.75, 3.05) is 0 Å². The summed E-state index contributed by atoms with van der Waals surface area (Å²) in [6.07, 6.45) is 0.443. The van der Waals surface area contributed by atoms with E-state index in [-0.39, 0.29) is 11.6 Å². The number of hydrogen-bond donors (Lipinski definition) is 1. The number of aliphatic hydroxyl groups is 1. The maximum atomic E-state index is 11.7. The summed E-state index contributed by atoms with van der Waals surface area (Å²) in [6.45, 7) is 4.68. The van der Waals surface area contributed by atoms with Gasteiger partial charge in [-0.2, -0.15) is 0 Å². The maximum absolute atomic E-state index is 11.7. The molecule has 0 aliphatic rings. The number of Topliss-reactive ketones (excluding diaryl/α,β-unsaturated/α-hetero) is 2. The van der Waals surface area contributed by atoms with Gasteiger partial charge >= 0.3 is 0 Å². The van der Waals surface area contributed by atoms with Gasteiger partial charge in [-0.1, -0.05) is 31.2 Å². The van der Waals surface area contributed by atoms with Gasteiger partial charge in [0.15, 0.2) is 11.6 Å². The first-order chi connectivity index (χ1) is 7.36. The fraction of sp³-hybridized carbons (Fsp3) is 0.385. The molecule has 0 spiro atoms. The van der Waals surface area contributed by atoms with Gasteiger partial charge in [0.25, 0.3) is 0 Å². The van der Waals surface area contributed by atoms with E-state index in [2.05, 4.69) is 0 Å². The lowest BCUT2D eigenvalue weighted by Crippen LogP contribution is -2.31. The van der Waals surface area contributed by atoms with Crippen LogP contribution in [0.3, 0.4) is 0 Å². The highest BCUT2D eigenvalue weighted by Gasteiger charge is 2.24. The van der Waals surface area contributed by atoms with Crippen molar-refractivity contribution in [3.63, 3.8) is 0 Å². The van der Waals surface area contributed by atoms with Crippen LogP contribution < -0.4 is 0 Å². The van der Waals surface area contributed by atoms with Gasteiger partial charge in [0, 0.05) is 17.5 Å². The molecule has 1 rings (SSSR count). The molecule has 0 atom stereocenters. The Bertz CT molecular complexity index is 396. The summed E-state index contributed by atoms with van der Waals surface area (Å²) >= 11 is 0. The van der Waals surface area contributed by atoms with E-state index in [0.717, 1.165) is 0 Å². The lowest BCUT2D eigenvalue weighted by atomic mass is 9.95. The molecule has 0 aromatic heterocycles. The van der Waals surface area contributed by atoms with E-state index in [4.69, 9.17) is 0 Å². The molecule has 0 heterocycles. The van der Waals surface area contributed by atoms with Gasteiger partial charge < -0.3 is 5.11 Å². The minimum Gasteiger partial charge on any atom is -0.382 e. The molecule has 1 aromatic carbocycles. The SMILES string of the molecule is CCC(=O)c1ccc(C(=O)C(C)(C)O)cc1. The van der Waals surface area contributed by atoms with Crippen LogP contribution in [0.2, 0.25) is 0 Å². The van der Waals surface area contributed by atoms with Crippen LogP contribution in [0.1, 0.15) is 47.9 Å². The zero-order valence-electron chi connectivity index (χ0n) is 9.78. The molecule has 16 heavy (non-hydrogen) atoms. The molecule has 3 heteroatoms. The van der Waals surface area contributed by atoms with Gasteiger partial charge in [0.2, 0.25) is 0 Å². The molecule has 0 aliphatic carbocycles. The summed E-state index contributed by atoms with van der Waals surface area (Å²) in [5.74, 6) is -0.301. The average molecular weight is 220 g/mol. The average Bonchev–Trinajstić information content (AvgIpc) is 2.26. The Morgan fingerprint density at radius 3 is 1.94 bits per heavy atom. The van der Waals surface area contributed by atoms with Crippen molar-refractivity contribution in [1.29, 1.82) is 0 Å². The van der Waals surface area contributed by atoms with E-state index in [9.17, 15) is 14.7 Å². The Kier molecular flexibility index (Phi) is 3.60. The minimum absolute atomic E-state index is 0.0438. The predicted octanol–water partition coefficient (Wildman–Crippen LogP) is 2.23. The third-order valence-electron chi connectivity index (χ3n) is 2.35. The normalized spacial score (nSPS) is 11.2. The fourth-order valence-corrected chi connectivity index (χ4v) is 1.36. The number of hydrogen-bond acceptors (Lipinski definition) is 3. The highest BCUT2D eigenvalue weighted by atomic mass is 16.3. The van der Waals surface area contributed by atoms with Crippen LogP contribution in [0.4, 0.5) is 0 Å². The fourth-order valence-electron chi connectivity index (χ4n) is 1.36. The molecule has 86 valence electrons. The Morgan fingerprint density at radius 1 is 1.12 bits per heavy atom. The van der Waals surface area contributed by atoms with Crippen LogP contribution in [0.15, 0.2) is 24.3 Å². The topological polar surface area (TPSA) is 54.4 Å². The minimum atomic E-state index is -1.38. The van der Waals surface area contributed by atoms with Crippen molar-refractivity contribution in [3.8, 4) is 0 Å². The number of ketones is 2. The molecule has 1 N–H and O–H groups in total. The molecule has 3 nitrogen and oxygen atoms in total. The van der Waals surface area contributed by atoms with Crippen molar-refractivity contribution in [2.24, 2.45) is 0 Å². The molecule has 0 saturated heterocycles. The number of carbonyl (C=O) groups is 2. The molecule has 0 radical (unpaired) electrons. The largest absolute Gasteiger partial charge is 0.382 e. The summed E-state index contributed by atoms with van der Waals surface area (Å²) in [7, 11) is 0. The van der Waals surface area contributed by atoms with E-state index in [0.29, 0.717) is 17.5 Å². The molecule has 1 aromatic rings. The number of carbonyl (C=O) groups excluding carboxylic acids is 2. The summed E-state index contributed by atoms with van der Waals surface area (Å²) in [5, 5.41) is 9.55. The predicted molar refractivity (Wildman–Crippen MR) is 61.7 cm³/mol. The van der Waals surface area contributed by atoms with E-state index in [1.807, 2.05) is 0 Å². The van der Waals surface area contributed by atoms with Gasteiger partial charge in [-0.25, -0.2) is 0 Å². The zero-order chi connectivity index (χ0) is 12.3. The first-order valence-electron chi connectivity index (χ1n) is 5.26. The second-order valence-electron chi connectivity index (χ2n) is 4.24. The van der Waals surface area contributed by atoms with E-state index in [1.165, 1.54) is 13.8 Å². The molecule has 0 unspecified atom stereocenters. The standard InChI is InChI=1S/C13H16O3/c1-4-11(14)9-5-7-10(8-6-9)12(15)13(2,3)16/h5-8,16H,4H2,1-3H3. The van der Waals surface area contributed by atoms with Crippen LogP contribution in [0, 0.1) is 0 Å². The van der Waals surface area contributed by atoms with Crippen molar-refractivity contribution in [3.05, 3.63) is 35.4 Å². The second-order valence-corrected chi connectivity index (χ2v) is 4.24. The van der Waals surface area contributed by atoms with E-state index < -0.39 is 5.60 Å². The molecule has 0 aliphatic heterocycles. The Labute approximate surface area is 95.1 Å². The molecular formula is C13H16O3. The van der Waals surface area contributed by atoms with Crippen LogP contribution in [0.25, 0.3) is 0 Å². The first-order valence-corrected chi connectivity index (χ1v) is 5.26. The summed E-state index contributed by atoms with van der Waals surface area (Å²) in [5.41, 5.74) is -0.369. The summed E-state index contributed by atoms with van der Waals surface area (Å²) in [4.78, 5) is 23.0. The lowest BCUT2D eigenvalue weighted by Gasteiger charge is -2.15. The number of rotatable bonds is 4. The molecular weight excluding hydrogens is 204 g/mol. The molecule has 0 amide bonds. The van der Waals surface area contributed by atoms with Crippen molar-refractivity contribution >= 4 is 11.6 Å². The quantitative estimate of drug-likeness (QED) is 0.792. The Hall–Kier alpha value is -1.48. The Morgan fingerprint density at radius 2 is 1.56 bits per heavy atom. The van der Waals surface area contributed by atoms with E-state index in [1.54, 1.807) is 31.2 Å². The lowest BCUT2D eigenvalue weighted by molar-refractivity contribution is 0.0488. The van der Waals surface area contributed by atoms with Crippen LogP contribution >= 0.6 is 0 Å². The van der Waals surface area contributed by atoms with Gasteiger partial charge in [0.1, 0.15) is 5.60 Å². The van der Waals surface area contributed by atoms with Gasteiger partial charge in [0.05, 0.1) is 0 Å². The number of benzene rings is 1. The van der Waals surface area contributed by atoms with Crippen molar-refractivity contribution in [2.45, 2.75) is 32.8 Å². The highest BCUT2D eigenvalue weighted by Crippen LogP contribution is 2.14. The van der Waals surface area contributed by atoms with Gasteiger partial charge in [-0.05, 0) is 13.8 Å².